The minimum absolute atomic E-state index is 0.0129. The molecule has 2 aromatic rings. The molecule has 0 spiro atoms. The Bertz CT molecular complexity index is 667. The van der Waals surface area contributed by atoms with Crippen molar-refractivity contribution in [2.24, 2.45) is 0 Å². The zero-order chi connectivity index (χ0) is 16.3. The number of aromatic nitrogens is 2. The topological polar surface area (TPSA) is 60.9 Å². The molecule has 0 bridgehead atoms. The van der Waals surface area contributed by atoms with Crippen LogP contribution in [0.25, 0.3) is 0 Å². The molecule has 9 heteroatoms. The van der Waals surface area contributed by atoms with E-state index in [0.29, 0.717) is 11.1 Å². The molecule has 0 fully saturated rings. The summed E-state index contributed by atoms with van der Waals surface area (Å²) in [5, 5.41) is 2.11. The maximum atomic E-state index is 12.5. The molecule has 0 aliphatic carbocycles. The number of halogens is 4. The van der Waals surface area contributed by atoms with Crippen LogP contribution in [0, 0.1) is 0 Å². The van der Waals surface area contributed by atoms with Crippen LogP contribution in [-0.4, -0.2) is 20.8 Å². The van der Waals surface area contributed by atoms with Crippen molar-refractivity contribution in [2.75, 3.05) is 11.6 Å². The summed E-state index contributed by atoms with van der Waals surface area (Å²) in [5.74, 6) is -0.0129. The average Bonchev–Trinajstić information content (AvgIpc) is 2.44. The molecule has 4 nitrogen and oxygen atoms in total. The number of nitrogens with zero attached hydrogens (tertiary/aromatic N) is 2. The van der Waals surface area contributed by atoms with Crippen molar-refractivity contribution >= 4 is 28.7 Å². The first kappa shape index (κ1) is 16.9. The van der Waals surface area contributed by atoms with Crippen molar-refractivity contribution in [3.8, 4) is 0 Å². The molecule has 1 N–H and O–H groups in total. The minimum atomic E-state index is -4.59. The lowest BCUT2D eigenvalue weighted by Gasteiger charge is -2.10. The fraction of sp³-hybridized carbons (Fsp3) is 0.231. The highest BCUT2D eigenvalue weighted by Gasteiger charge is 2.34. The van der Waals surface area contributed by atoms with Crippen molar-refractivity contribution in [3.05, 3.63) is 46.7 Å². The van der Waals surface area contributed by atoms with Crippen LogP contribution in [0.1, 0.15) is 11.1 Å². The summed E-state index contributed by atoms with van der Waals surface area (Å²) in [4.78, 5) is 7.83. The fourth-order valence-electron chi connectivity index (χ4n) is 1.65. The Labute approximate surface area is 132 Å². The lowest BCUT2D eigenvalue weighted by Crippen LogP contribution is -2.10. The van der Waals surface area contributed by atoms with E-state index in [4.69, 9.17) is 11.6 Å². The summed E-state index contributed by atoms with van der Waals surface area (Å²) in [7, 11) is 0. The normalized spacial score (nSPS) is 13.0. The van der Waals surface area contributed by atoms with Gasteiger partial charge >= 0.3 is 6.18 Å². The minimum Gasteiger partial charge on any atom is -0.612 e. The van der Waals surface area contributed by atoms with E-state index in [1.165, 1.54) is 0 Å². The van der Waals surface area contributed by atoms with Gasteiger partial charge in [-0.2, -0.15) is 13.2 Å². The van der Waals surface area contributed by atoms with E-state index in [9.17, 15) is 17.7 Å². The molecule has 0 aliphatic rings. The van der Waals surface area contributed by atoms with E-state index in [-0.39, 0.29) is 12.5 Å². The van der Waals surface area contributed by atoms with Crippen molar-refractivity contribution in [2.45, 2.75) is 17.6 Å². The van der Waals surface area contributed by atoms with Crippen LogP contribution in [0.3, 0.4) is 0 Å². The first-order valence-electron chi connectivity index (χ1n) is 6.03. The summed E-state index contributed by atoms with van der Waals surface area (Å²) in [6, 6.07) is 6.99. The number of nitrogens with one attached hydrogen (secondary N) is 1. The molecule has 0 radical (unpaired) electrons. The van der Waals surface area contributed by atoms with Gasteiger partial charge in [-0.15, -0.1) is 0 Å². The fourth-order valence-corrected chi connectivity index (χ4v) is 2.48. The van der Waals surface area contributed by atoms with Gasteiger partial charge in [0.15, 0.2) is 4.90 Å². The van der Waals surface area contributed by atoms with E-state index in [2.05, 4.69) is 15.3 Å². The molecule has 1 aromatic carbocycles. The summed E-state index contributed by atoms with van der Waals surface area (Å²) in [6.07, 6.45) is -2.39. The second-order valence-corrected chi connectivity index (χ2v) is 6.09. The predicted octanol–water partition coefficient (Wildman–Crippen LogP) is 3.50. The lowest BCUT2D eigenvalue weighted by atomic mass is 10.2. The first-order valence-corrected chi connectivity index (χ1v) is 7.97. The zero-order valence-corrected chi connectivity index (χ0v) is 12.9. The largest absolute Gasteiger partial charge is 0.612 e. The molecule has 1 aromatic heterocycles. The Morgan fingerprint density at radius 1 is 1.36 bits per heavy atom. The van der Waals surface area contributed by atoms with Gasteiger partial charge in [-0.3, -0.25) is 0 Å². The van der Waals surface area contributed by atoms with E-state index >= 15 is 0 Å². The summed E-state index contributed by atoms with van der Waals surface area (Å²) >= 11 is 4.40. The van der Waals surface area contributed by atoms with Gasteiger partial charge in [-0.05, 0) is 28.9 Å². The van der Waals surface area contributed by atoms with Crippen LogP contribution in [0.2, 0.25) is 5.15 Å². The SMILES string of the molecule is C[S+]([O-])c1cccc(CNc2ncc(C(F)(F)F)c(Cl)n2)c1. The quantitative estimate of drug-likeness (QED) is 0.678. The number of hydrogen-bond acceptors (Lipinski definition) is 4. The molecule has 1 atom stereocenters. The molecule has 1 heterocycles. The lowest BCUT2D eigenvalue weighted by molar-refractivity contribution is -0.137. The second kappa shape index (κ2) is 6.72. The van der Waals surface area contributed by atoms with Gasteiger partial charge in [-0.1, -0.05) is 23.7 Å². The van der Waals surface area contributed by atoms with E-state index in [1.54, 1.807) is 30.5 Å². The number of alkyl halides is 3. The standard InChI is InChI=1S/C13H11ClF3N3OS/c1-22(21)9-4-2-3-8(5-9)6-18-12-19-7-10(11(14)20-12)13(15,16)17/h2-5,7H,6H2,1H3,(H,18,19,20). The van der Waals surface area contributed by atoms with E-state index in [0.717, 1.165) is 5.56 Å². The molecule has 0 saturated carbocycles. The van der Waals surface area contributed by atoms with Crippen molar-refractivity contribution in [1.82, 2.24) is 9.97 Å². The van der Waals surface area contributed by atoms with Gasteiger partial charge in [0.05, 0.1) is 0 Å². The highest BCUT2D eigenvalue weighted by Crippen LogP contribution is 2.33. The highest BCUT2D eigenvalue weighted by atomic mass is 35.5. The monoisotopic (exact) mass is 349 g/mol. The maximum absolute atomic E-state index is 12.5. The average molecular weight is 350 g/mol. The van der Waals surface area contributed by atoms with Crippen molar-refractivity contribution in [3.63, 3.8) is 0 Å². The van der Waals surface area contributed by atoms with Crippen LogP contribution in [0.15, 0.2) is 35.4 Å². The second-order valence-electron chi connectivity index (χ2n) is 4.35. The zero-order valence-electron chi connectivity index (χ0n) is 11.3. The summed E-state index contributed by atoms with van der Waals surface area (Å²) < 4.78 is 49.0. The van der Waals surface area contributed by atoms with Gasteiger partial charge in [-0.25, -0.2) is 9.97 Å². The van der Waals surface area contributed by atoms with Crippen LogP contribution in [-0.2, 0) is 23.9 Å². The van der Waals surface area contributed by atoms with Crippen molar-refractivity contribution < 1.29 is 17.7 Å². The van der Waals surface area contributed by atoms with Gasteiger partial charge in [0.1, 0.15) is 17.0 Å². The Balaban J connectivity index is 2.09. The first-order chi connectivity index (χ1) is 10.3. The Morgan fingerprint density at radius 2 is 2.09 bits per heavy atom. The summed E-state index contributed by atoms with van der Waals surface area (Å²) in [6.45, 7) is 0.271. The maximum Gasteiger partial charge on any atom is 0.420 e. The molecule has 0 aliphatic heterocycles. The van der Waals surface area contributed by atoms with Crippen molar-refractivity contribution in [1.29, 1.82) is 0 Å². The van der Waals surface area contributed by atoms with E-state index in [1.807, 2.05) is 0 Å². The highest BCUT2D eigenvalue weighted by molar-refractivity contribution is 7.90. The smallest absolute Gasteiger partial charge is 0.420 e. The third-order valence-electron chi connectivity index (χ3n) is 2.73. The van der Waals surface area contributed by atoms with Gasteiger partial charge in [0.2, 0.25) is 5.95 Å². The molecular formula is C13H11ClF3N3OS. The number of benzene rings is 1. The van der Waals surface area contributed by atoms with Crippen LogP contribution >= 0.6 is 11.6 Å². The number of rotatable bonds is 4. The number of anilines is 1. The molecular weight excluding hydrogens is 339 g/mol. The molecule has 22 heavy (non-hydrogen) atoms. The molecule has 1 unspecified atom stereocenters. The van der Waals surface area contributed by atoms with Crippen LogP contribution in [0.4, 0.5) is 19.1 Å². The predicted molar refractivity (Wildman–Crippen MR) is 78.1 cm³/mol. The molecule has 118 valence electrons. The molecule has 0 saturated heterocycles. The van der Waals surface area contributed by atoms with Crippen LogP contribution < -0.4 is 5.32 Å². The van der Waals surface area contributed by atoms with E-state index < -0.39 is 28.1 Å². The van der Waals surface area contributed by atoms with Gasteiger partial charge < -0.3 is 9.87 Å². The third-order valence-corrected chi connectivity index (χ3v) is 3.93. The van der Waals surface area contributed by atoms with Gasteiger partial charge in [0.25, 0.3) is 0 Å². The summed E-state index contributed by atoms with van der Waals surface area (Å²) in [5.41, 5.74) is -0.282. The number of hydrogen-bond donors (Lipinski definition) is 1. The Hall–Kier alpha value is -1.51. The molecule has 2 rings (SSSR count). The molecule has 0 amide bonds. The Morgan fingerprint density at radius 3 is 2.68 bits per heavy atom. The van der Waals surface area contributed by atoms with Crippen LogP contribution in [0.5, 0.6) is 0 Å². The van der Waals surface area contributed by atoms with Gasteiger partial charge in [0, 0.05) is 12.7 Å². The third kappa shape index (κ3) is 4.25. The Kier molecular flexibility index (Phi) is 5.15.